The van der Waals surface area contributed by atoms with Crippen molar-refractivity contribution in [3.05, 3.63) is 41.4 Å². The van der Waals surface area contributed by atoms with Gasteiger partial charge in [-0.2, -0.15) is 0 Å². The van der Waals surface area contributed by atoms with E-state index in [1.54, 1.807) is 25.3 Å². The molecule has 0 spiro atoms. The number of rotatable bonds is 8. The summed E-state index contributed by atoms with van der Waals surface area (Å²) in [6.07, 6.45) is 0.726. The highest BCUT2D eigenvalue weighted by atomic mass is 32.2. The van der Waals surface area contributed by atoms with Gasteiger partial charge in [0.25, 0.3) is 5.91 Å². The van der Waals surface area contributed by atoms with Crippen molar-refractivity contribution in [3.8, 4) is 0 Å². The van der Waals surface area contributed by atoms with Crippen LogP contribution in [0.4, 0.5) is 0 Å². The Morgan fingerprint density at radius 2 is 2.12 bits per heavy atom. The van der Waals surface area contributed by atoms with Gasteiger partial charge in [-0.1, -0.05) is 30.8 Å². The lowest BCUT2D eigenvalue weighted by Gasteiger charge is -2.15. The topological polar surface area (TPSA) is 94.3 Å². The number of carbonyl (C=O) groups is 2. The average Bonchev–Trinajstić information content (AvgIpc) is 3.03. The van der Waals surface area contributed by atoms with E-state index in [9.17, 15) is 9.59 Å². The van der Waals surface area contributed by atoms with Crippen LogP contribution in [0.25, 0.3) is 0 Å². The fourth-order valence-electron chi connectivity index (χ4n) is 2.02. The van der Waals surface area contributed by atoms with Crippen molar-refractivity contribution in [2.75, 3.05) is 6.54 Å². The molecule has 2 aromatic rings. The first-order valence-electron chi connectivity index (χ1n) is 8.35. The molecule has 0 radical (unpaired) electrons. The van der Waals surface area contributed by atoms with Gasteiger partial charge >= 0.3 is 5.97 Å². The number of hydrogen-bond acceptors (Lipinski definition) is 7. The zero-order valence-corrected chi connectivity index (χ0v) is 16.1. The summed E-state index contributed by atoms with van der Waals surface area (Å²) in [5.41, 5.74) is 1.08. The van der Waals surface area contributed by atoms with Crippen LogP contribution in [0.3, 0.4) is 0 Å². The quantitative estimate of drug-likeness (QED) is 0.558. The standard InChI is InChI=1S/C18H23N3O4S/c1-11(2)9-20-16(22)13(4)24-18(23)15-6-5-7-19-17(15)26-10-14-8-12(3)25-21-14/h5-8,11,13H,9-10H2,1-4H3,(H,20,22)/t13-/m0/s1. The van der Waals surface area contributed by atoms with E-state index in [0.29, 0.717) is 28.8 Å². The van der Waals surface area contributed by atoms with Crippen LogP contribution in [0, 0.1) is 12.8 Å². The number of nitrogens with one attached hydrogen (secondary N) is 1. The van der Waals surface area contributed by atoms with E-state index < -0.39 is 12.1 Å². The molecule has 2 heterocycles. The molecule has 0 saturated carbocycles. The summed E-state index contributed by atoms with van der Waals surface area (Å²) >= 11 is 1.36. The molecule has 1 amide bonds. The second kappa shape index (κ2) is 9.38. The van der Waals surface area contributed by atoms with Gasteiger partial charge in [-0.25, -0.2) is 9.78 Å². The zero-order chi connectivity index (χ0) is 19.1. The second-order valence-corrected chi connectivity index (χ2v) is 7.22. The predicted octanol–water partition coefficient (Wildman–Crippen LogP) is 2.99. The average molecular weight is 377 g/mol. The molecule has 0 aliphatic carbocycles. The van der Waals surface area contributed by atoms with Crippen molar-refractivity contribution in [2.24, 2.45) is 5.92 Å². The number of carbonyl (C=O) groups excluding carboxylic acids is 2. The Balaban J connectivity index is 1.98. The van der Waals surface area contributed by atoms with E-state index in [1.807, 2.05) is 26.8 Å². The fourth-order valence-corrected chi connectivity index (χ4v) is 2.88. The Labute approximate surface area is 156 Å². The smallest absolute Gasteiger partial charge is 0.341 e. The number of ether oxygens (including phenoxy) is 1. The minimum Gasteiger partial charge on any atom is -0.449 e. The SMILES string of the molecule is Cc1cc(CSc2ncccc2C(=O)O[C@@H](C)C(=O)NCC(C)C)no1. The van der Waals surface area contributed by atoms with Gasteiger partial charge in [0, 0.05) is 24.6 Å². The number of nitrogens with zero attached hydrogens (tertiary/aromatic N) is 2. The Morgan fingerprint density at radius 3 is 2.77 bits per heavy atom. The van der Waals surface area contributed by atoms with Crippen molar-refractivity contribution in [3.63, 3.8) is 0 Å². The van der Waals surface area contributed by atoms with Gasteiger partial charge in [0.15, 0.2) is 6.10 Å². The van der Waals surface area contributed by atoms with E-state index in [4.69, 9.17) is 9.26 Å². The first kappa shape index (κ1) is 20.0. The molecule has 140 valence electrons. The molecule has 1 N–H and O–H groups in total. The Hall–Kier alpha value is -2.35. The van der Waals surface area contributed by atoms with Gasteiger partial charge in [0.05, 0.1) is 11.3 Å². The molecule has 0 fully saturated rings. The van der Waals surface area contributed by atoms with Gasteiger partial charge in [-0.15, -0.1) is 0 Å². The number of hydrogen-bond donors (Lipinski definition) is 1. The largest absolute Gasteiger partial charge is 0.449 e. The van der Waals surface area contributed by atoms with E-state index in [1.165, 1.54) is 11.8 Å². The minimum atomic E-state index is -0.877. The summed E-state index contributed by atoms with van der Waals surface area (Å²) in [6.45, 7) is 7.89. The molecule has 7 nitrogen and oxygen atoms in total. The molecule has 0 aliphatic rings. The molecule has 0 unspecified atom stereocenters. The van der Waals surface area contributed by atoms with Crippen molar-refractivity contribution < 1.29 is 18.8 Å². The molecule has 0 aliphatic heterocycles. The monoisotopic (exact) mass is 377 g/mol. The van der Waals surface area contributed by atoms with E-state index in [0.717, 1.165) is 11.5 Å². The lowest BCUT2D eigenvalue weighted by Crippen LogP contribution is -2.37. The minimum absolute atomic E-state index is 0.316. The van der Waals surface area contributed by atoms with Crippen LogP contribution in [-0.4, -0.2) is 34.7 Å². The maximum atomic E-state index is 12.4. The van der Waals surface area contributed by atoms with Crippen LogP contribution in [0.2, 0.25) is 0 Å². The molecule has 1 atom stereocenters. The lowest BCUT2D eigenvalue weighted by molar-refractivity contribution is -0.129. The number of aromatic nitrogens is 2. The summed E-state index contributed by atoms with van der Waals surface area (Å²) in [6, 6.07) is 5.12. The van der Waals surface area contributed by atoms with Crippen LogP contribution in [0.5, 0.6) is 0 Å². The maximum Gasteiger partial charge on any atom is 0.341 e. The predicted molar refractivity (Wildman–Crippen MR) is 97.8 cm³/mol. The Kier molecular flexibility index (Phi) is 7.20. The zero-order valence-electron chi connectivity index (χ0n) is 15.3. The van der Waals surface area contributed by atoms with Gasteiger partial charge in [-0.05, 0) is 31.9 Å². The van der Waals surface area contributed by atoms with Crippen molar-refractivity contribution in [1.29, 1.82) is 0 Å². The number of pyridine rings is 1. The summed E-state index contributed by atoms with van der Waals surface area (Å²) in [5.74, 6) is 0.664. The highest BCUT2D eigenvalue weighted by molar-refractivity contribution is 7.98. The van der Waals surface area contributed by atoms with Crippen LogP contribution in [0.1, 0.15) is 42.6 Å². The molecule has 0 saturated heterocycles. The Bertz CT molecular complexity index is 760. The van der Waals surface area contributed by atoms with Crippen molar-refractivity contribution in [2.45, 2.75) is 44.6 Å². The van der Waals surface area contributed by atoms with Crippen molar-refractivity contribution >= 4 is 23.6 Å². The van der Waals surface area contributed by atoms with E-state index >= 15 is 0 Å². The molecule has 2 aromatic heterocycles. The van der Waals surface area contributed by atoms with Crippen LogP contribution < -0.4 is 5.32 Å². The summed E-state index contributed by atoms with van der Waals surface area (Å²) < 4.78 is 10.3. The first-order valence-corrected chi connectivity index (χ1v) is 9.34. The molecule has 8 heteroatoms. The third-order valence-corrected chi connectivity index (χ3v) is 4.40. The molecular formula is C18H23N3O4S. The fraction of sp³-hybridized carbons (Fsp3) is 0.444. The third-order valence-electron chi connectivity index (χ3n) is 3.36. The van der Waals surface area contributed by atoms with Crippen LogP contribution >= 0.6 is 11.8 Å². The van der Waals surface area contributed by atoms with Gasteiger partial charge in [0.2, 0.25) is 0 Å². The number of thioether (sulfide) groups is 1. The molecular weight excluding hydrogens is 354 g/mol. The molecule has 2 rings (SSSR count). The number of aryl methyl sites for hydroxylation is 1. The van der Waals surface area contributed by atoms with E-state index in [-0.39, 0.29) is 5.91 Å². The second-order valence-electron chi connectivity index (χ2n) is 6.26. The summed E-state index contributed by atoms with van der Waals surface area (Å²) in [4.78, 5) is 28.7. The molecule has 0 aromatic carbocycles. The third kappa shape index (κ3) is 5.87. The highest BCUT2D eigenvalue weighted by Gasteiger charge is 2.21. The highest BCUT2D eigenvalue weighted by Crippen LogP contribution is 2.24. The lowest BCUT2D eigenvalue weighted by atomic mass is 10.2. The van der Waals surface area contributed by atoms with Crippen LogP contribution in [-0.2, 0) is 15.3 Å². The van der Waals surface area contributed by atoms with Gasteiger partial charge < -0.3 is 14.6 Å². The number of amides is 1. The number of esters is 1. The van der Waals surface area contributed by atoms with Crippen molar-refractivity contribution in [1.82, 2.24) is 15.5 Å². The molecule has 0 bridgehead atoms. The van der Waals surface area contributed by atoms with Gasteiger partial charge in [-0.3, -0.25) is 4.79 Å². The maximum absolute atomic E-state index is 12.4. The van der Waals surface area contributed by atoms with Crippen LogP contribution in [0.15, 0.2) is 33.9 Å². The Morgan fingerprint density at radius 1 is 1.35 bits per heavy atom. The van der Waals surface area contributed by atoms with Gasteiger partial charge in [0.1, 0.15) is 10.8 Å². The summed E-state index contributed by atoms with van der Waals surface area (Å²) in [7, 11) is 0. The molecule has 26 heavy (non-hydrogen) atoms. The normalized spacial score (nSPS) is 12.0. The first-order chi connectivity index (χ1) is 12.4. The van der Waals surface area contributed by atoms with E-state index in [2.05, 4.69) is 15.5 Å². The summed E-state index contributed by atoms with van der Waals surface area (Å²) in [5, 5.41) is 7.19.